The highest BCUT2D eigenvalue weighted by molar-refractivity contribution is 5.37. The van der Waals surface area contributed by atoms with Crippen LogP contribution in [0.15, 0.2) is 24.8 Å². The minimum atomic E-state index is -0.777. The van der Waals surface area contributed by atoms with Crippen LogP contribution in [-0.2, 0) is 13.6 Å². The van der Waals surface area contributed by atoms with Crippen molar-refractivity contribution >= 4 is 5.82 Å². The molecule has 0 saturated carbocycles. The van der Waals surface area contributed by atoms with Crippen LogP contribution < -0.4 is 4.90 Å². The van der Waals surface area contributed by atoms with Gasteiger partial charge < -0.3 is 9.47 Å². The van der Waals surface area contributed by atoms with E-state index in [1.54, 1.807) is 12.5 Å². The molecule has 1 aliphatic rings. The molecule has 1 aliphatic heterocycles. The van der Waals surface area contributed by atoms with Gasteiger partial charge in [-0.15, -0.1) is 0 Å². The van der Waals surface area contributed by atoms with Crippen molar-refractivity contribution in [3.8, 4) is 0 Å². The zero-order valence-corrected chi connectivity index (χ0v) is 13.9. The van der Waals surface area contributed by atoms with Gasteiger partial charge in [0.05, 0.1) is 6.54 Å². The van der Waals surface area contributed by atoms with Crippen molar-refractivity contribution in [3.05, 3.63) is 36.3 Å². The summed E-state index contributed by atoms with van der Waals surface area (Å²) in [5.41, 5.74) is 0.932. The normalized spacial score (nSPS) is 21.7. The number of alkyl halides is 1. The van der Waals surface area contributed by atoms with Crippen molar-refractivity contribution in [1.82, 2.24) is 24.4 Å². The van der Waals surface area contributed by atoms with E-state index in [-0.39, 0.29) is 6.04 Å². The summed E-state index contributed by atoms with van der Waals surface area (Å²) in [4.78, 5) is 17.0. The molecule has 6 nitrogen and oxygen atoms in total. The summed E-state index contributed by atoms with van der Waals surface area (Å²) in [5.74, 6) is 1.83. The molecular formula is C16H23FN6. The molecule has 124 valence electrons. The zero-order chi connectivity index (χ0) is 16.4. The molecule has 0 N–H and O–H groups in total. The molecule has 0 aliphatic carbocycles. The number of hydrogen-bond acceptors (Lipinski definition) is 5. The van der Waals surface area contributed by atoms with Gasteiger partial charge in [-0.1, -0.05) is 0 Å². The lowest BCUT2D eigenvalue weighted by atomic mass is 10.2. The maximum Gasteiger partial charge on any atom is 0.131 e. The van der Waals surface area contributed by atoms with Crippen molar-refractivity contribution in [1.29, 1.82) is 0 Å². The first-order chi connectivity index (χ1) is 11.0. The lowest BCUT2D eigenvalue weighted by Crippen LogP contribution is -2.39. The Kier molecular flexibility index (Phi) is 4.56. The van der Waals surface area contributed by atoms with Crippen LogP contribution >= 0.6 is 0 Å². The highest BCUT2D eigenvalue weighted by Crippen LogP contribution is 2.24. The van der Waals surface area contributed by atoms with Gasteiger partial charge in [0.25, 0.3) is 0 Å². The molecule has 23 heavy (non-hydrogen) atoms. The molecule has 0 radical (unpaired) electrons. The first-order valence-electron chi connectivity index (χ1n) is 7.87. The largest absolute Gasteiger partial charge is 0.358 e. The Balaban J connectivity index is 1.68. The zero-order valence-electron chi connectivity index (χ0n) is 13.9. The number of likely N-dealkylation sites (tertiary alicyclic amines) is 1. The van der Waals surface area contributed by atoms with E-state index in [1.807, 2.05) is 37.8 Å². The number of nitrogens with zero attached hydrogens (tertiary/aromatic N) is 6. The van der Waals surface area contributed by atoms with E-state index >= 15 is 0 Å². The molecule has 1 fully saturated rings. The van der Waals surface area contributed by atoms with E-state index < -0.39 is 6.17 Å². The fourth-order valence-electron chi connectivity index (χ4n) is 3.10. The molecule has 2 atom stereocenters. The molecule has 0 aromatic carbocycles. The number of aryl methyl sites for hydroxylation is 2. The first-order valence-corrected chi connectivity index (χ1v) is 7.87. The number of imidazole rings is 1. The fourth-order valence-corrected chi connectivity index (χ4v) is 3.10. The van der Waals surface area contributed by atoms with Gasteiger partial charge in [-0.3, -0.25) is 4.90 Å². The second kappa shape index (κ2) is 6.62. The van der Waals surface area contributed by atoms with Gasteiger partial charge >= 0.3 is 0 Å². The molecule has 0 bridgehead atoms. The maximum absolute atomic E-state index is 14.0. The predicted octanol–water partition coefficient (Wildman–Crippen LogP) is 1.57. The van der Waals surface area contributed by atoms with E-state index in [0.717, 1.165) is 23.9 Å². The third-order valence-corrected chi connectivity index (χ3v) is 4.41. The number of aromatic nitrogens is 4. The number of halogens is 1. The third kappa shape index (κ3) is 3.67. The monoisotopic (exact) mass is 318 g/mol. The summed E-state index contributed by atoms with van der Waals surface area (Å²) in [6.07, 6.45) is 5.05. The van der Waals surface area contributed by atoms with Gasteiger partial charge in [0.2, 0.25) is 0 Å². The van der Waals surface area contributed by atoms with Crippen molar-refractivity contribution in [2.45, 2.75) is 32.1 Å². The standard InChI is InChI=1S/C16H23FN6/c1-12-6-15(20-11-19-12)22(3)9-14-7-13(17)8-23(14)10-16-18-4-5-21(16)2/h4-6,11,13-14H,7-10H2,1-3H3/t13-,14-/m0/s1. The smallest absolute Gasteiger partial charge is 0.131 e. The average molecular weight is 318 g/mol. The van der Waals surface area contributed by atoms with Crippen molar-refractivity contribution in [3.63, 3.8) is 0 Å². The van der Waals surface area contributed by atoms with Crippen LogP contribution in [0, 0.1) is 6.92 Å². The van der Waals surface area contributed by atoms with Crippen LogP contribution in [0.4, 0.5) is 10.2 Å². The van der Waals surface area contributed by atoms with Gasteiger partial charge in [-0.25, -0.2) is 19.3 Å². The second-order valence-corrected chi connectivity index (χ2v) is 6.27. The van der Waals surface area contributed by atoms with Gasteiger partial charge in [0.1, 0.15) is 24.1 Å². The lowest BCUT2D eigenvalue weighted by molar-refractivity contribution is 0.229. The van der Waals surface area contributed by atoms with Crippen LogP contribution in [0.5, 0.6) is 0 Å². The number of hydrogen-bond donors (Lipinski definition) is 0. The molecule has 2 aromatic heterocycles. The summed E-state index contributed by atoms with van der Waals surface area (Å²) in [6.45, 7) is 3.82. The molecular weight excluding hydrogens is 295 g/mol. The van der Waals surface area contributed by atoms with E-state index in [4.69, 9.17) is 0 Å². The quantitative estimate of drug-likeness (QED) is 0.837. The average Bonchev–Trinajstić information content (AvgIpc) is 3.06. The van der Waals surface area contributed by atoms with Crippen LogP contribution in [0.3, 0.4) is 0 Å². The molecule has 3 rings (SSSR count). The maximum atomic E-state index is 14.0. The lowest BCUT2D eigenvalue weighted by Gasteiger charge is -2.28. The van der Waals surface area contributed by atoms with Crippen LogP contribution in [-0.4, -0.2) is 56.8 Å². The summed E-state index contributed by atoms with van der Waals surface area (Å²) in [6, 6.07) is 2.10. The van der Waals surface area contributed by atoms with Crippen LogP contribution in [0.25, 0.3) is 0 Å². The van der Waals surface area contributed by atoms with Crippen molar-refractivity contribution in [2.75, 3.05) is 25.0 Å². The molecule has 0 unspecified atom stereocenters. The minimum absolute atomic E-state index is 0.155. The Labute approximate surface area is 136 Å². The molecule has 1 saturated heterocycles. The third-order valence-electron chi connectivity index (χ3n) is 4.41. The first kappa shape index (κ1) is 15.9. The predicted molar refractivity (Wildman–Crippen MR) is 87.0 cm³/mol. The van der Waals surface area contributed by atoms with E-state index in [9.17, 15) is 4.39 Å². The Hall–Kier alpha value is -2.02. The van der Waals surface area contributed by atoms with Crippen molar-refractivity contribution in [2.24, 2.45) is 7.05 Å². The highest BCUT2D eigenvalue weighted by atomic mass is 19.1. The van der Waals surface area contributed by atoms with E-state index in [2.05, 4.69) is 24.8 Å². The van der Waals surface area contributed by atoms with Crippen molar-refractivity contribution < 1.29 is 4.39 Å². The molecule has 0 amide bonds. The van der Waals surface area contributed by atoms with Crippen LogP contribution in [0.2, 0.25) is 0 Å². The summed E-state index contributed by atoms with van der Waals surface area (Å²) in [5, 5.41) is 0. The second-order valence-electron chi connectivity index (χ2n) is 6.27. The Morgan fingerprint density at radius 3 is 2.87 bits per heavy atom. The van der Waals surface area contributed by atoms with Gasteiger partial charge in [0.15, 0.2) is 0 Å². The fraction of sp³-hybridized carbons (Fsp3) is 0.562. The van der Waals surface area contributed by atoms with Gasteiger partial charge in [0, 0.05) is 57.4 Å². The molecule has 3 heterocycles. The SMILES string of the molecule is Cc1cc(N(C)C[C@@H]2C[C@H](F)CN2Cc2nccn2C)ncn1. The summed E-state index contributed by atoms with van der Waals surface area (Å²) >= 11 is 0. The molecule has 7 heteroatoms. The van der Waals surface area contributed by atoms with Gasteiger partial charge in [-0.05, 0) is 13.3 Å². The minimum Gasteiger partial charge on any atom is -0.358 e. The summed E-state index contributed by atoms with van der Waals surface area (Å²) < 4.78 is 15.9. The number of rotatable bonds is 5. The number of anilines is 1. The summed E-state index contributed by atoms with van der Waals surface area (Å²) in [7, 11) is 3.96. The topological polar surface area (TPSA) is 50.1 Å². The highest BCUT2D eigenvalue weighted by Gasteiger charge is 2.33. The number of likely N-dealkylation sites (N-methyl/N-ethyl adjacent to an activating group) is 1. The van der Waals surface area contributed by atoms with Crippen LogP contribution in [0.1, 0.15) is 17.9 Å². The Morgan fingerprint density at radius 2 is 2.17 bits per heavy atom. The Morgan fingerprint density at radius 1 is 1.35 bits per heavy atom. The Bertz CT molecular complexity index is 658. The van der Waals surface area contributed by atoms with E-state index in [0.29, 0.717) is 19.5 Å². The van der Waals surface area contributed by atoms with Gasteiger partial charge in [-0.2, -0.15) is 0 Å². The van der Waals surface area contributed by atoms with E-state index in [1.165, 1.54) is 0 Å². The molecule has 0 spiro atoms. The molecule has 2 aromatic rings.